The molecule has 2 aliphatic rings. The molecule has 0 bridgehead atoms. The van der Waals surface area contributed by atoms with Crippen molar-refractivity contribution in [2.24, 2.45) is 0 Å². The third kappa shape index (κ3) is 2.41. The van der Waals surface area contributed by atoms with E-state index < -0.39 is 11.6 Å². The fraction of sp³-hybridized carbons (Fsp3) is 0.423. The lowest BCUT2D eigenvalue weighted by Gasteiger charge is -2.31. The van der Waals surface area contributed by atoms with Crippen molar-refractivity contribution in [1.82, 2.24) is 9.55 Å². The van der Waals surface area contributed by atoms with Crippen LogP contribution in [0.4, 0.5) is 0 Å². The summed E-state index contributed by atoms with van der Waals surface area (Å²) in [7, 11) is 0. The number of fused-ring (bicyclic) bond motifs is 5. The van der Waals surface area contributed by atoms with Crippen LogP contribution < -0.4 is 5.56 Å². The van der Waals surface area contributed by atoms with E-state index in [0.717, 1.165) is 28.8 Å². The van der Waals surface area contributed by atoms with Crippen molar-refractivity contribution in [1.29, 1.82) is 0 Å². The van der Waals surface area contributed by atoms with E-state index in [1.807, 2.05) is 0 Å². The molecule has 1 unspecified atom stereocenters. The van der Waals surface area contributed by atoms with Gasteiger partial charge < -0.3 is 14.4 Å². The first kappa shape index (κ1) is 20.9. The van der Waals surface area contributed by atoms with Crippen LogP contribution in [0.2, 0.25) is 0 Å². The first-order chi connectivity index (χ1) is 15.2. The van der Waals surface area contributed by atoms with Gasteiger partial charge in [0.05, 0.1) is 29.0 Å². The SMILES string of the molecule is CCc1c2c(nc3c(C)c(C)c(C)c(C)c13)-c1cc3c(c(=O)n1C2)COC(=O)C3(O)CC. The molecule has 0 amide bonds. The standard InChI is InChI=1S/C26H28N2O4/c1-7-16-17-10-28-20(9-19-18(24(28)29)11-32-25(30)26(19,31)8-2)23(17)27-22-15(6)13(4)12(3)14(5)21(16)22/h9,31H,7-8,10-11H2,1-6H3. The van der Waals surface area contributed by atoms with Crippen LogP contribution in [0.25, 0.3) is 22.3 Å². The number of pyridine rings is 2. The molecule has 4 heterocycles. The molecule has 0 radical (unpaired) electrons. The number of aryl methyl sites for hydroxylation is 3. The number of carbonyl (C=O) groups excluding carboxylic acids is 1. The van der Waals surface area contributed by atoms with Crippen LogP contribution in [-0.4, -0.2) is 20.6 Å². The molecule has 1 N–H and O–H groups in total. The second-order valence-electron chi connectivity index (χ2n) is 9.10. The highest BCUT2D eigenvalue weighted by Gasteiger charge is 2.45. The Morgan fingerprint density at radius 1 is 1.06 bits per heavy atom. The number of hydrogen-bond acceptors (Lipinski definition) is 5. The quantitative estimate of drug-likeness (QED) is 0.486. The molecule has 5 rings (SSSR count). The van der Waals surface area contributed by atoms with Gasteiger partial charge in [0.1, 0.15) is 6.61 Å². The maximum atomic E-state index is 13.5. The Balaban J connectivity index is 1.89. The van der Waals surface area contributed by atoms with Gasteiger partial charge in [0, 0.05) is 16.5 Å². The fourth-order valence-electron chi connectivity index (χ4n) is 5.46. The maximum absolute atomic E-state index is 13.5. The lowest BCUT2D eigenvalue weighted by molar-refractivity contribution is -0.172. The number of rotatable bonds is 2. The molecule has 0 spiro atoms. The fourth-order valence-corrected chi connectivity index (χ4v) is 5.46. The summed E-state index contributed by atoms with van der Waals surface area (Å²) in [6.07, 6.45) is 0.962. The van der Waals surface area contributed by atoms with Crippen LogP contribution in [-0.2, 0) is 34.7 Å². The zero-order valence-corrected chi connectivity index (χ0v) is 19.5. The predicted octanol–water partition coefficient (Wildman–Crippen LogP) is 3.88. The Bertz CT molecular complexity index is 1420. The molecule has 0 saturated heterocycles. The number of hydrogen-bond donors (Lipinski definition) is 1. The van der Waals surface area contributed by atoms with E-state index in [0.29, 0.717) is 23.4 Å². The third-order valence-electron chi connectivity index (χ3n) is 7.79. The number of aliphatic hydroxyl groups is 1. The minimum absolute atomic E-state index is 0.113. The average molecular weight is 433 g/mol. The van der Waals surface area contributed by atoms with Gasteiger partial charge in [-0.05, 0) is 74.4 Å². The highest BCUT2D eigenvalue weighted by molar-refractivity contribution is 5.94. The summed E-state index contributed by atoms with van der Waals surface area (Å²) in [6.45, 7) is 12.7. The van der Waals surface area contributed by atoms with Crippen LogP contribution in [0.5, 0.6) is 0 Å². The maximum Gasteiger partial charge on any atom is 0.343 e. The van der Waals surface area contributed by atoms with E-state index in [4.69, 9.17) is 9.72 Å². The third-order valence-corrected chi connectivity index (χ3v) is 7.79. The van der Waals surface area contributed by atoms with Gasteiger partial charge in [0.25, 0.3) is 5.56 Å². The molecule has 0 aliphatic carbocycles. The molecule has 0 saturated carbocycles. The Morgan fingerprint density at radius 3 is 2.41 bits per heavy atom. The zero-order valence-electron chi connectivity index (χ0n) is 19.5. The van der Waals surface area contributed by atoms with Gasteiger partial charge in [-0.3, -0.25) is 4.79 Å². The molecule has 166 valence electrons. The molecule has 6 heteroatoms. The Kier molecular flexibility index (Phi) is 4.41. The second-order valence-corrected chi connectivity index (χ2v) is 9.10. The molecule has 3 aromatic rings. The van der Waals surface area contributed by atoms with Crippen LogP contribution in [0.15, 0.2) is 10.9 Å². The van der Waals surface area contributed by atoms with Gasteiger partial charge >= 0.3 is 5.97 Å². The summed E-state index contributed by atoms with van der Waals surface area (Å²) in [6, 6.07) is 1.79. The van der Waals surface area contributed by atoms with Gasteiger partial charge in [-0.2, -0.15) is 0 Å². The topological polar surface area (TPSA) is 81.4 Å². The Morgan fingerprint density at radius 2 is 1.75 bits per heavy atom. The van der Waals surface area contributed by atoms with Crippen LogP contribution in [0.1, 0.15) is 64.8 Å². The van der Waals surface area contributed by atoms with Gasteiger partial charge in [0.15, 0.2) is 5.60 Å². The first-order valence-electron chi connectivity index (χ1n) is 11.2. The number of carbonyl (C=O) groups is 1. The van der Waals surface area contributed by atoms with Crippen LogP contribution in [0, 0.1) is 27.7 Å². The van der Waals surface area contributed by atoms with Crippen molar-refractivity contribution in [3.63, 3.8) is 0 Å². The normalized spacial score (nSPS) is 19.0. The molecule has 32 heavy (non-hydrogen) atoms. The molecule has 2 aromatic heterocycles. The van der Waals surface area contributed by atoms with Crippen LogP contribution in [0.3, 0.4) is 0 Å². The molecule has 1 aromatic carbocycles. The van der Waals surface area contributed by atoms with Gasteiger partial charge in [0.2, 0.25) is 0 Å². The summed E-state index contributed by atoms with van der Waals surface area (Å²) >= 11 is 0. The predicted molar refractivity (Wildman–Crippen MR) is 123 cm³/mol. The van der Waals surface area contributed by atoms with E-state index in [1.165, 1.54) is 27.6 Å². The molecule has 1 atom stereocenters. The van der Waals surface area contributed by atoms with Crippen molar-refractivity contribution in [2.75, 3.05) is 0 Å². The Labute approximate surface area is 186 Å². The molecule has 2 aliphatic heterocycles. The number of esters is 1. The summed E-state index contributed by atoms with van der Waals surface area (Å²) in [5.41, 5.74) is 8.24. The number of nitrogens with zero attached hydrogens (tertiary/aromatic N) is 2. The minimum Gasteiger partial charge on any atom is -0.458 e. The van der Waals surface area contributed by atoms with Crippen molar-refractivity contribution >= 4 is 16.9 Å². The summed E-state index contributed by atoms with van der Waals surface area (Å²) in [4.78, 5) is 30.9. The van der Waals surface area contributed by atoms with Gasteiger partial charge in [-0.25, -0.2) is 9.78 Å². The van der Waals surface area contributed by atoms with Crippen molar-refractivity contribution in [3.05, 3.63) is 60.9 Å². The smallest absolute Gasteiger partial charge is 0.343 e. The molecule has 6 nitrogen and oxygen atoms in total. The summed E-state index contributed by atoms with van der Waals surface area (Å²) < 4.78 is 6.89. The Hall–Kier alpha value is -2.99. The average Bonchev–Trinajstić information content (AvgIpc) is 3.16. The number of benzene rings is 1. The van der Waals surface area contributed by atoms with Gasteiger partial charge in [-0.1, -0.05) is 13.8 Å². The van der Waals surface area contributed by atoms with Gasteiger partial charge in [-0.15, -0.1) is 0 Å². The summed E-state index contributed by atoms with van der Waals surface area (Å²) in [5.74, 6) is -0.701. The van der Waals surface area contributed by atoms with E-state index in [-0.39, 0.29) is 18.6 Å². The van der Waals surface area contributed by atoms with Crippen LogP contribution >= 0.6 is 0 Å². The van der Waals surface area contributed by atoms with E-state index in [1.54, 1.807) is 17.6 Å². The highest BCUT2D eigenvalue weighted by atomic mass is 16.6. The number of ether oxygens (including phenoxy) is 1. The second kappa shape index (κ2) is 6.75. The molecular formula is C26H28N2O4. The number of aromatic nitrogens is 2. The van der Waals surface area contributed by atoms with E-state index in [9.17, 15) is 14.7 Å². The van der Waals surface area contributed by atoms with Crippen molar-refractivity contribution in [3.8, 4) is 11.4 Å². The first-order valence-corrected chi connectivity index (χ1v) is 11.2. The lowest BCUT2D eigenvalue weighted by atomic mass is 9.85. The molecule has 0 fully saturated rings. The summed E-state index contributed by atoms with van der Waals surface area (Å²) in [5, 5.41) is 12.3. The number of cyclic esters (lactones) is 1. The van der Waals surface area contributed by atoms with E-state index >= 15 is 0 Å². The van der Waals surface area contributed by atoms with Crippen molar-refractivity contribution in [2.45, 2.75) is 73.1 Å². The van der Waals surface area contributed by atoms with Crippen molar-refractivity contribution < 1.29 is 14.6 Å². The molecular weight excluding hydrogens is 404 g/mol. The monoisotopic (exact) mass is 432 g/mol. The largest absolute Gasteiger partial charge is 0.458 e. The minimum atomic E-state index is -1.81. The zero-order chi connectivity index (χ0) is 23.1. The lowest BCUT2D eigenvalue weighted by Crippen LogP contribution is -2.44. The highest BCUT2D eigenvalue weighted by Crippen LogP contribution is 2.42. The van der Waals surface area contributed by atoms with E-state index in [2.05, 4.69) is 34.6 Å².